The molecule has 2 aliphatic heterocycles. The molecular weight excluding hydrogens is 450 g/mol. The third-order valence-electron chi connectivity index (χ3n) is 12.7. The number of ether oxygens (including phenoxy) is 3. The number of nitrogens with zero attached hydrogens (tertiary/aromatic N) is 1. The van der Waals surface area contributed by atoms with E-state index in [9.17, 15) is 5.11 Å². The van der Waals surface area contributed by atoms with Crippen molar-refractivity contribution < 1.29 is 23.4 Å². The van der Waals surface area contributed by atoms with Crippen LogP contribution in [-0.4, -0.2) is 60.6 Å². The summed E-state index contributed by atoms with van der Waals surface area (Å²) >= 11 is 0. The molecule has 1 aromatic carbocycles. The summed E-state index contributed by atoms with van der Waals surface area (Å²) in [6, 6.07) is 4.29. The van der Waals surface area contributed by atoms with Crippen molar-refractivity contribution >= 4 is 0 Å². The molecule has 5 heteroatoms. The van der Waals surface area contributed by atoms with E-state index in [4.69, 9.17) is 18.3 Å². The van der Waals surface area contributed by atoms with Gasteiger partial charge in [-0.25, -0.2) is 0 Å². The van der Waals surface area contributed by atoms with Crippen molar-refractivity contribution in [1.29, 1.82) is 0 Å². The first-order valence-electron chi connectivity index (χ1n) is 15.8. The SMILES string of the molecule is [2H]C([2H])([2H])Oc1ccc2c3c1O[C@H]1[C@@]4(OC)CC[C@@]5(C[C@@H]4[C@](C)(O)C(C)(C)CC)[C@@H](C2)N(CC2CC2)CC[C@]315. The van der Waals surface area contributed by atoms with Crippen LogP contribution in [0.2, 0.25) is 0 Å². The molecule has 8 rings (SSSR count). The van der Waals surface area contributed by atoms with Gasteiger partial charge < -0.3 is 19.3 Å². The van der Waals surface area contributed by atoms with Crippen molar-refractivity contribution in [3.05, 3.63) is 23.3 Å². The second-order valence-corrected chi connectivity index (χ2v) is 13.9. The summed E-state index contributed by atoms with van der Waals surface area (Å²) in [5, 5.41) is 12.5. The Morgan fingerprint density at radius 1 is 1.22 bits per heavy atom. The minimum Gasteiger partial charge on any atom is -0.493 e. The van der Waals surface area contributed by atoms with Crippen LogP contribution in [0.15, 0.2) is 12.1 Å². The second-order valence-electron chi connectivity index (χ2n) is 13.9. The van der Waals surface area contributed by atoms with Gasteiger partial charge >= 0.3 is 0 Å². The molecule has 5 aliphatic carbocycles. The Labute approximate surface area is 221 Å². The average molecular weight is 499 g/mol. The maximum atomic E-state index is 12.5. The fourth-order valence-electron chi connectivity index (χ4n) is 9.96. The van der Waals surface area contributed by atoms with Crippen molar-refractivity contribution in [1.82, 2.24) is 4.90 Å². The number of hydrogen-bond donors (Lipinski definition) is 1. The lowest BCUT2D eigenvalue weighted by Crippen LogP contribution is -2.83. The Morgan fingerprint density at radius 3 is 2.72 bits per heavy atom. The lowest BCUT2D eigenvalue weighted by Gasteiger charge is -2.75. The van der Waals surface area contributed by atoms with Gasteiger partial charge in [0, 0.05) is 42.0 Å². The normalized spacial score (nSPS) is 43.6. The molecule has 0 radical (unpaired) electrons. The van der Waals surface area contributed by atoms with Crippen LogP contribution in [0.5, 0.6) is 11.5 Å². The van der Waals surface area contributed by atoms with E-state index in [0.29, 0.717) is 17.5 Å². The molecule has 2 heterocycles. The number of piperidine rings is 1. The molecule has 4 saturated carbocycles. The summed E-state index contributed by atoms with van der Waals surface area (Å²) in [5.74, 6) is 1.63. The molecule has 1 N–H and O–H groups in total. The number of aliphatic hydroxyl groups is 1. The molecule has 198 valence electrons. The standard InChI is InChI=1S/C31H45NO4/c1-7-27(2,3)28(4,33)22-17-29-12-13-31(22,35-6)26-30(29)14-15-32(18-19-8-9-19)23(29)16-20-10-11-21(34-5)25(36-26)24(20)30/h10-11,19,22-23,26,33H,7-9,12-18H2,1-6H3/t22-,23-,26-,28+,29-,30+,31-/m1/s1/i5D3. The number of benzene rings is 1. The van der Waals surface area contributed by atoms with E-state index in [2.05, 4.69) is 31.7 Å². The van der Waals surface area contributed by atoms with E-state index in [-0.39, 0.29) is 28.3 Å². The maximum Gasteiger partial charge on any atom is 0.165 e. The van der Waals surface area contributed by atoms with Crippen molar-refractivity contribution in [2.45, 2.75) is 108 Å². The molecule has 0 unspecified atom stereocenters. The van der Waals surface area contributed by atoms with Crippen LogP contribution in [0.4, 0.5) is 0 Å². The topological polar surface area (TPSA) is 51.2 Å². The van der Waals surface area contributed by atoms with Crippen LogP contribution in [0, 0.1) is 22.7 Å². The molecule has 2 spiro atoms. The Kier molecular flexibility index (Phi) is 4.13. The highest BCUT2D eigenvalue weighted by atomic mass is 16.6. The van der Waals surface area contributed by atoms with Crippen LogP contribution < -0.4 is 9.47 Å². The smallest absolute Gasteiger partial charge is 0.165 e. The molecule has 5 nitrogen and oxygen atoms in total. The predicted octanol–water partition coefficient (Wildman–Crippen LogP) is 5.11. The first-order chi connectivity index (χ1) is 18.3. The zero-order chi connectivity index (χ0) is 27.8. The molecule has 36 heavy (non-hydrogen) atoms. The number of fused-ring (bicyclic) bond motifs is 2. The van der Waals surface area contributed by atoms with E-state index < -0.39 is 18.2 Å². The van der Waals surface area contributed by atoms with E-state index >= 15 is 0 Å². The number of methoxy groups -OCH3 is 2. The number of hydrogen-bond acceptors (Lipinski definition) is 5. The zero-order valence-electron chi connectivity index (χ0n) is 25.7. The molecule has 7 aliphatic rings. The van der Waals surface area contributed by atoms with Crippen LogP contribution in [0.1, 0.15) is 87.9 Å². The Morgan fingerprint density at radius 2 is 2.03 bits per heavy atom. The average Bonchev–Trinajstić information content (AvgIpc) is 3.62. The molecule has 1 aromatic rings. The Balaban J connectivity index is 1.45. The summed E-state index contributed by atoms with van der Waals surface area (Å²) in [5.41, 5.74) is 0.161. The largest absolute Gasteiger partial charge is 0.493 e. The van der Waals surface area contributed by atoms with E-state index in [1.165, 1.54) is 24.0 Å². The molecule has 1 saturated heterocycles. The van der Waals surface area contributed by atoms with Crippen molar-refractivity contribution in [3.63, 3.8) is 0 Å². The molecular formula is C31H45NO4. The summed E-state index contributed by atoms with van der Waals surface area (Å²) in [6.07, 6.45) is 7.91. The molecule has 0 amide bonds. The predicted molar refractivity (Wildman–Crippen MR) is 140 cm³/mol. The van der Waals surface area contributed by atoms with Gasteiger partial charge in [-0.05, 0) is 87.8 Å². The molecule has 4 bridgehead atoms. The molecule has 0 aromatic heterocycles. The van der Waals surface area contributed by atoms with Crippen LogP contribution in [0.3, 0.4) is 0 Å². The van der Waals surface area contributed by atoms with Gasteiger partial charge in [-0.1, -0.05) is 26.8 Å². The lowest BCUT2D eigenvalue weighted by molar-refractivity contribution is -0.313. The van der Waals surface area contributed by atoms with E-state index in [1.54, 1.807) is 7.11 Å². The van der Waals surface area contributed by atoms with Gasteiger partial charge in [-0.3, -0.25) is 4.90 Å². The van der Waals surface area contributed by atoms with Gasteiger partial charge in [0.1, 0.15) is 11.7 Å². The molecule has 5 fully saturated rings. The van der Waals surface area contributed by atoms with Gasteiger partial charge in [0.2, 0.25) is 0 Å². The minimum absolute atomic E-state index is 0.0690. The van der Waals surface area contributed by atoms with Gasteiger partial charge in [-0.2, -0.15) is 0 Å². The Hall–Kier alpha value is -1.30. The number of rotatable bonds is 7. The lowest BCUT2D eigenvalue weighted by atomic mass is 9.33. The summed E-state index contributed by atoms with van der Waals surface area (Å²) < 4.78 is 42.8. The maximum absolute atomic E-state index is 12.5. The Bertz CT molecular complexity index is 1200. The van der Waals surface area contributed by atoms with E-state index in [1.807, 2.05) is 13.0 Å². The minimum atomic E-state index is -2.56. The summed E-state index contributed by atoms with van der Waals surface area (Å²) in [6.45, 7) is 10.7. The van der Waals surface area contributed by atoms with Crippen LogP contribution >= 0.6 is 0 Å². The summed E-state index contributed by atoms with van der Waals surface area (Å²) in [4.78, 5) is 2.79. The highest BCUT2D eigenvalue weighted by molar-refractivity contribution is 5.63. The first kappa shape index (κ1) is 20.6. The van der Waals surface area contributed by atoms with Gasteiger partial charge in [-0.15, -0.1) is 0 Å². The highest BCUT2D eigenvalue weighted by Gasteiger charge is 2.82. The fraction of sp³-hybridized carbons (Fsp3) is 0.806. The quantitative estimate of drug-likeness (QED) is 0.566. The second kappa shape index (κ2) is 7.21. The van der Waals surface area contributed by atoms with E-state index in [0.717, 1.165) is 57.5 Å². The van der Waals surface area contributed by atoms with Crippen LogP contribution in [-0.2, 0) is 16.6 Å². The van der Waals surface area contributed by atoms with Crippen molar-refractivity contribution in [3.8, 4) is 11.5 Å². The fourth-order valence-corrected chi connectivity index (χ4v) is 9.96. The first-order valence-corrected chi connectivity index (χ1v) is 14.3. The van der Waals surface area contributed by atoms with Gasteiger partial charge in [0.15, 0.2) is 11.5 Å². The zero-order valence-corrected chi connectivity index (χ0v) is 22.7. The van der Waals surface area contributed by atoms with Gasteiger partial charge in [0.05, 0.1) is 16.8 Å². The third-order valence-corrected chi connectivity index (χ3v) is 12.7. The number of likely N-dealkylation sites (tertiary alicyclic amines) is 1. The van der Waals surface area contributed by atoms with Gasteiger partial charge in [0.25, 0.3) is 0 Å². The monoisotopic (exact) mass is 498 g/mol. The van der Waals surface area contributed by atoms with Crippen molar-refractivity contribution in [2.75, 3.05) is 27.2 Å². The summed E-state index contributed by atoms with van der Waals surface area (Å²) in [7, 11) is -0.760. The van der Waals surface area contributed by atoms with Crippen molar-refractivity contribution in [2.24, 2.45) is 22.7 Å². The molecule has 7 atom stereocenters. The highest BCUT2D eigenvalue weighted by Crippen LogP contribution is 2.78. The third kappa shape index (κ3) is 2.50. The van der Waals surface area contributed by atoms with Crippen LogP contribution in [0.25, 0.3) is 0 Å².